The SMILES string of the molecule is Cc1cnc2nc(Oc3ccc(CN4CCN(C5CCC5)CC4)cc3)sc2c1. The van der Waals surface area contributed by atoms with Gasteiger partial charge in [-0.05, 0) is 49.1 Å². The van der Waals surface area contributed by atoms with Crippen LogP contribution in [0.2, 0.25) is 0 Å². The van der Waals surface area contributed by atoms with Crippen molar-refractivity contribution in [3.63, 3.8) is 0 Å². The average Bonchev–Trinajstić information content (AvgIpc) is 3.05. The average molecular weight is 395 g/mol. The highest BCUT2D eigenvalue weighted by atomic mass is 32.1. The zero-order valence-electron chi connectivity index (χ0n) is 16.3. The third-order valence-electron chi connectivity index (χ3n) is 5.90. The maximum absolute atomic E-state index is 5.95. The maximum atomic E-state index is 5.95. The lowest BCUT2D eigenvalue weighted by Gasteiger charge is -2.43. The Bertz CT molecular complexity index is 943. The van der Waals surface area contributed by atoms with E-state index in [4.69, 9.17) is 4.74 Å². The lowest BCUT2D eigenvalue weighted by Crippen LogP contribution is -2.51. The summed E-state index contributed by atoms with van der Waals surface area (Å²) >= 11 is 1.54. The first-order chi connectivity index (χ1) is 13.7. The number of aryl methyl sites for hydroxylation is 1. The lowest BCUT2D eigenvalue weighted by molar-refractivity contribution is 0.0587. The van der Waals surface area contributed by atoms with E-state index in [1.807, 2.05) is 25.3 Å². The normalized spacial score (nSPS) is 19.0. The number of hydrogen-bond acceptors (Lipinski definition) is 6. The highest BCUT2D eigenvalue weighted by Gasteiger charge is 2.27. The fourth-order valence-electron chi connectivity index (χ4n) is 4.00. The second-order valence-corrected chi connectivity index (χ2v) is 8.95. The van der Waals surface area contributed by atoms with E-state index in [1.165, 1.54) is 62.3 Å². The molecule has 6 heteroatoms. The number of rotatable bonds is 5. The van der Waals surface area contributed by atoms with Crippen LogP contribution in [0.4, 0.5) is 0 Å². The zero-order chi connectivity index (χ0) is 18.9. The largest absolute Gasteiger partial charge is 0.431 e. The van der Waals surface area contributed by atoms with Gasteiger partial charge in [-0.2, -0.15) is 4.98 Å². The van der Waals surface area contributed by atoms with Gasteiger partial charge in [0.25, 0.3) is 5.19 Å². The third kappa shape index (κ3) is 3.90. The minimum absolute atomic E-state index is 0.646. The zero-order valence-corrected chi connectivity index (χ0v) is 17.1. The molecule has 1 aliphatic heterocycles. The number of hydrogen-bond donors (Lipinski definition) is 0. The number of benzene rings is 1. The summed E-state index contributed by atoms with van der Waals surface area (Å²) in [6, 6.07) is 11.4. The molecule has 5 nitrogen and oxygen atoms in total. The number of fused-ring (bicyclic) bond motifs is 1. The van der Waals surface area contributed by atoms with Gasteiger partial charge < -0.3 is 4.74 Å². The Morgan fingerprint density at radius 3 is 2.61 bits per heavy atom. The predicted molar refractivity (Wildman–Crippen MR) is 113 cm³/mol. The fraction of sp³-hybridized carbons (Fsp3) is 0.455. The lowest BCUT2D eigenvalue weighted by atomic mass is 9.91. The van der Waals surface area contributed by atoms with E-state index in [2.05, 4.69) is 38.0 Å². The van der Waals surface area contributed by atoms with Crippen molar-refractivity contribution in [2.75, 3.05) is 26.2 Å². The Labute approximate surface area is 170 Å². The summed E-state index contributed by atoms with van der Waals surface area (Å²) in [6.07, 6.45) is 6.08. The second-order valence-electron chi connectivity index (χ2n) is 7.96. The number of aromatic nitrogens is 2. The van der Waals surface area contributed by atoms with Gasteiger partial charge in [0.2, 0.25) is 0 Å². The Morgan fingerprint density at radius 1 is 1.11 bits per heavy atom. The molecule has 1 aliphatic carbocycles. The minimum atomic E-state index is 0.646. The van der Waals surface area contributed by atoms with Crippen molar-refractivity contribution in [2.24, 2.45) is 0 Å². The first kappa shape index (κ1) is 18.0. The highest BCUT2D eigenvalue weighted by molar-refractivity contribution is 7.20. The van der Waals surface area contributed by atoms with Gasteiger partial charge in [0.15, 0.2) is 5.65 Å². The van der Waals surface area contributed by atoms with Crippen molar-refractivity contribution in [1.29, 1.82) is 0 Å². The van der Waals surface area contributed by atoms with Crippen molar-refractivity contribution in [2.45, 2.75) is 38.8 Å². The standard InChI is InChI=1S/C22H26N4OS/c1-16-13-20-21(23-14-16)24-22(28-20)27-19-7-5-17(6-8-19)15-25-9-11-26(12-10-25)18-3-2-4-18/h5-8,13-14,18H,2-4,9-12,15H2,1H3. The van der Waals surface area contributed by atoms with Gasteiger partial charge >= 0.3 is 0 Å². The number of ether oxygens (including phenoxy) is 1. The molecule has 0 spiro atoms. The number of piperazine rings is 1. The number of pyridine rings is 1. The van der Waals surface area contributed by atoms with E-state index in [0.717, 1.165) is 34.2 Å². The smallest absolute Gasteiger partial charge is 0.281 e. The summed E-state index contributed by atoms with van der Waals surface area (Å²) in [7, 11) is 0. The number of thiazole rings is 1. The molecule has 0 bridgehead atoms. The molecule has 2 aliphatic rings. The summed E-state index contributed by atoms with van der Waals surface area (Å²) in [6.45, 7) is 7.84. The molecule has 1 saturated carbocycles. The molecule has 1 saturated heterocycles. The van der Waals surface area contributed by atoms with E-state index in [1.54, 1.807) is 0 Å². The summed E-state index contributed by atoms with van der Waals surface area (Å²) in [5, 5.41) is 0.646. The van der Waals surface area contributed by atoms with Crippen LogP contribution in [0.1, 0.15) is 30.4 Å². The summed E-state index contributed by atoms with van der Waals surface area (Å²) < 4.78 is 7.02. The third-order valence-corrected chi connectivity index (χ3v) is 6.77. The molecule has 0 radical (unpaired) electrons. The first-order valence-electron chi connectivity index (χ1n) is 10.2. The van der Waals surface area contributed by atoms with Crippen molar-refractivity contribution in [3.05, 3.63) is 47.7 Å². The van der Waals surface area contributed by atoms with Crippen LogP contribution in [0.25, 0.3) is 10.3 Å². The minimum Gasteiger partial charge on any atom is -0.431 e. The van der Waals surface area contributed by atoms with E-state index in [-0.39, 0.29) is 0 Å². The van der Waals surface area contributed by atoms with Crippen LogP contribution in [0, 0.1) is 6.92 Å². The quantitative estimate of drug-likeness (QED) is 0.639. The van der Waals surface area contributed by atoms with Gasteiger partial charge in [0.05, 0.1) is 4.70 Å². The van der Waals surface area contributed by atoms with Crippen molar-refractivity contribution < 1.29 is 4.74 Å². The van der Waals surface area contributed by atoms with Gasteiger partial charge in [0.1, 0.15) is 5.75 Å². The van der Waals surface area contributed by atoms with Gasteiger partial charge in [-0.1, -0.05) is 29.9 Å². The number of nitrogens with zero attached hydrogens (tertiary/aromatic N) is 4. The molecule has 5 rings (SSSR count). The van der Waals surface area contributed by atoms with E-state index >= 15 is 0 Å². The second kappa shape index (κ2) is 7.78. The van der Waals surface area contributed by atoms with Crippen LogP contribution in [0.5, 0.6) is 10.9 Å². The van der Waals surface area contributed by atoms with Crippen LogP contribution < -0.4 is 4.74 Å². The van der Waals surface area contributed by atoms with E-state index in [0.29, 0.717) is 5.19 Å². The van der Waals surface area contributed by atoms with Crippen LogP contribution in [-0.4, -0.2) is 52.0 Å². The highest BCUT2D eigenvalue weighted by Crippen LogP contribution is 2.31. The van der Waals surface area contributed by atoms with Gasteiger partial charge in [-0.25, -0.2) is 4.98 Å². The summed E-state index contributed by atoms with van der Waals surface area (Å²) in [5.41, 5.74) is 3.23. The topological polar surface area (TPSA) is 41.5 Å². The Hall–Kier alpha value is -2.02. The molecule has 0 atom stereocenters. The molecule has 2 aromatic heterocycles. The molecular formula is C22H26N4OS. The Balaban J connectivity index is 1.17. The van der Waals surface area contributed by atoms with Crippen molar-refractivity contribution >= 4 is 21.7 Å². The van der Waals surface area contributed by atoms with Crippen LogP contribution >= 0.6 is 11.3 Å². The van der Waals surface area contributed by atoms with Crippen molar-refractivity contribution in [3.8, 4) is 10.9 Å². The molecule has 28 heavy (non-hydrogen) atoms. The van der Waals surface area contributed by atoms with Crippen LogP contribution in [0.15, 0.2) is 36.5 Å². The molecule has 0 N–H and O–H groups in total. The molecule has 2 fully saturated rings. The monoisotopic (exact) mass is 394 g/mol. The molecule has 1 aromatic carbocycles. The summed E-state index contributed by atoms with van der Waals surface area (Å²) in [4.78, 5) is 14.1. The van der Waals surface area contributed by atoms with E-state index < -0.39 is 0 Å². The van der Waals surface area contributed by atoms with E-state index in [9.17, 15) is 0 Å². The fourth-order valence-corrected chi connectivity index (χ4v) is 4.89. The molecule has 0 amide bonds. The first-order valence-corrected chi connectivity index (χ1v) is 11.0. The molecule has 3 heterocycles. The van der Waals surface area contributed by atoms with Crippen molar-refractivity contribution in [1.82, 2.24) is 19.8 Å². The van der Waals surface area contributed by atoms with Crippen LogP contribution in [0.3, 0.4) is 0 Å². The van der Waals surface area contributed by atoms with Gasteiger partial charge in [0, 0.05) is 45.0 Å². The predicted octanol–water partition coefficient (Wildman–Crippen LogP) is 4.46. The van der Waals surface area contributed by atoms with Gasteiger partial charge in [-0.15, -0.1) is 0 Å². The molecular weight excluding hydrogens is 368 g/mol. The molecule has 0 unspecified atom stereocenters. The summed E-state index contributed by atoms with van der Waals surface area (Å²) in [5.74, 6) is 0.828. The Kier molecular flexibility index (Phi) is 5.01. The van der Waals surface area contributed by atoms with Crippen LogP contribution in [-0.2, 0) is 6.54 Å². The molecule has 146 valence electrons. The molecule has 3 aromatic rings. The van der Waals surface area contributed by atoms with Gasteiger partial charge in [-0.3, -0.25) is 9.80 Å². The maximum Gasteiger partial charge on any atom is 0.281 e. The Morgan fingerprint density at radius 2 is 1.89 bits per heavy atom.